The molecular formula is C15H19N5O. The van der Waals surface area contributed by atoms with E-state index in [-0.39, 0.29) is 0 Å². The molecule has 21 heavy (non-hydrogen) atoms. The molecule has 2 aromatic heterocycles. The van der Waals surface area contributed by atoms with Crippen LogP contribution >= 0.6 is 0 Å². The molecular weight excluding hydrogens is 266 g/mol. The number of rotatable bonds is 2. The summed E-state index contributed by atoms with van der Waals surface area (Å²) >= 11 is 0. The van der Waals surface area contributed by atoms with Crippen LogP contribution in [-0.4, -0.2) is 43.6 Å². The maximum atomic E-state index is 12.1. The Bertz CT molecular complexity index is 682. The van der Waals surface area contributed by atoms with Gasteiger partial charge in [-0.3, -0.25) is 4.79 Å². The van der Waals surface area contributed by atoms with Gasteiger partial charge in [0.2, 0.25) is 5.91 Å². The molecule has 0 unspecified atom stereocenters. The van der Waals surface area contributed by atoms with Crippen LogP contribution < -0.4 is 0 Å². The molecule has 1 saturated heterocycles. The smallest absolute Gasteiger partial charge is 0.225 e. The van der Waals surface area contributed by atoms with Crippen LogP contribution in [0.15, 0.2) is 12.4 Å². The zero-order valence-corrected chi connectivity index (χ0v) is 12.2. The number of hydrogen-bond acceptors (Lipinski definition) is 4. The van der Waals surface area contributed by atoms with Crippen LogP contribution in [0.2, 0.25) is 0 Å². The van der Waals surface area contributed by atoms with E-state index >= 15 is 0 Å². The highest BCUT2D eigenvalue weighted by atomic mass is 16.2. The summed E-state index contributed by atoms with van der Waals surface area (Å²) in [6.45, 7) is 1.69. The highest BCUT2D eigenvalue weighted by molar-refractivity contribution is 5.81. The van der Waals surface area contributed by atoms with Gasteiger partial charge in [-0.05, 0) is 25.7 Å². The van der Waals surface area contributed by atoms with Gasteiger partial charge in [-0.1, -0.05) is 0 Å². The third kappa shape index (κ3) is 2.18. The number of aromatic nitrogens is 4. The zero-order chi connectivity index (χ0) is 14.4. The molecule has 6 nitrogen and oxygen atoms in total. The van der Waals surface area contributed by atoms with Crippen LogP contribution in [0, 0.1) is 5.92 Å². The predicted octanol–water partition coefficient (Wildman–Crippen LogP) is 1.48. The van der Waals surface area contributed by atoms with E-state index in [9.17, 15) is 4.79 Å². The SMILES string of the molecule is Cn1nc(C2CCN(C(=O)C3CC3)CC2)c2nccnc21. The molecule has 2 aromatic rings. The van der Waals surface area contributed by atoms with E-state index < -0.39 is 0 Å². The Hall–Kier alpha value is -1.98. The minimum absolute atomic E-state index is 0.322. The zero-order valence-electron chi connectivity index (χ0n) is 12.2. The molecule has 110 valence electrons. The largest absolute Gasteiger partial charge is 0.342 e. The van der Waals surface area contributed by atoms with Crippen molar-refractivity contribution in [2.45, 2.75) is 31.6 Å². The van der Waals surface area contributed by atoms with Gasteiger partial charge in [0.1, 0.15) is 5.52 Å². The van der Waals surface area contributed by atoms with Gasteiger partial charge in [-0.25, -0.2) is 14.6 Å². The highest BCUT2D eigenvalue weighted by Crippen LogP contribution is 2.35. The average Bonchev–Trinajstić information content (AvgIpc) is 3.32. The van der Waals surface area contributed by atoms with E-state index in [1.54, 1.807) is 17.1 Å². The molecule has 0 aromatic carbocycles. The summed E-state index contributed by atoms with van der Waals surface area (Å²) in [6, 6.07) is 0. The third-order valence-electron chi connectivity index (χ3n) is 4.61. The first-order valence-electron chi connectivity index (χ1n) is 7.66. The standard InChI is InChI=1S/C15H19N5O/c1-19-14-13(16-6-7-17-14)12(18-19)10-4-8-20(9-5-10)15(21)11-2-3-11/h6-7,10-11H,2-5,8-9H2,1H3. The van der Waals surface area contributed by atoms with Crippen LogP contribution in [-0.2, 0) is 11.8 Å². The van der Waals surface area contributed by atoms with E-state index in [0.29, 0.717) is 17.7 Å². The first-order valence-corrected chi connectivity index (χ1v) is 7.66. The lowest BCUT2D eigenvalue weighted by molar-refractivity contribution is -0.133. The average molecular weight is 285 g/mol. The van der Waals surface area contributed by atoms with Crippen molar-refractivity contribution >= 4 is 17.1 Å². The number of aryl methyl sites for hydroxylation is 1. The van der Waals surface area contributed by atoms with Crippen LogP contribution in [0.5, 0.6) is 0 Å². The Morgan fingerprint density at radius 2 is 1.86 bits per heavy atom. The Morgan fingerprint density at radius 3 is 2.57 bits per heavy atom. The van der Waals surface area contributed by atoms with Crippen molar-refractivity contribution in [1.82, 2.24) is 24.6 Å². The number of piperidine rings is 1. The van der Waals surface area contributed by atoms with E-state index in [2.05, 4.69) is 15.1 Å². The number of carbonyl (C=O) groups excluding carboxylic acids is 1. The molecule has 2 fully saturated rings. The lowest BCUT2D eigenvalue weighted by atomic mass is 9.93. The first kappa shape index (κ1) is 12.7. The topological polar surface area (TPSA) is 63.9 Å². The maximum absolute atomic E-state index is 12.1. The second-order valence-electron chi connectivity index (χ2n) is 6.11. The molecule has 1 aliphatic carbocycles. The minimum atomic E-state index is 0.322. The summed E-state index contributed by atoms with van der Waals surface area (Å²) in [6.07, 6.45) is 7.53. The van der Waals surface area contributed by atoms with Crippen molar-refractivity contribution < 1.29 is 4.79 Å². The van der Waals surface area contributed by atoms with Crippen LogP contribution in [0.4, 0.5) is 0 Å². The monoisotopic (exact) mass is 285 g/mol. The minimum Gasteiger partial charge on any atom is -0.342 e. The molecule has 0 atom stereocenters. The first-order chi connectivity index (χ1) is 10.2. The van der Waals surface area contributed by atoms with E-state index in [1.807, 2.05) is 11.9 Å². The summed E-state index contributed by atoms with van der Waals surface area (Å²) in [5, 5.41) is 4.62. The molecule has 6 heteroatoms. The van der Waals surface area contributed by atoms with Gasteiger partial charge < -0.3 is 4.90 Å². The Labute approximate surface area is 123 Å². The Kier molecular flexibility index (Phi) is 2.90. The molecule has 4 rings (SSSR count). The lowest BCUT2D eigenvalue weighted by Gasteiger charge is -2.31. The predicted molar refractivity (Wildman–Crippen MR) is 77.6 cm³/mol. The molecule has 2 aliphatic rings. The summed E-state index contributed by atoms with van der Waals surface area (Å²) in [7, 11) is 1.91. The van der Waals surface area contributed by atoms with E-state index in [1.165, 1.54) is 0 Å². The maximum Gasteiger partial charge on any atom is 0.225 e. The van der Waals surface area contributed by atoms with Gasteiger partial charge in [0.25, 0.3) is 0 Å². The summed E-state index contributed by atoms with van der Waals surface area (Å²) in [5.74, 6) is 1.07. The summed E-state index contributed by atoms with van der Waals surface area (Å²) < 4.78 is 1.80. The summed E-state index contributed by atoms with van der Waals surface area (Å²) in [4.78, 5) is 22.9. The quantitative estimate of drug-likeness (QED) is 0.838. The number of likely N-dealkylation sites (tertiary alicyclic amines) is 1. The van der Waals surface area contributed by atoms with E-state index in [4.69, 9.17) is 0 Å². The van der Waals surface area contributed by atoms with Crippen LogP contribution in [0.25, 0.3) is 11.2 Å². The van der Waals surface area contributed by atoms with Crippen LogP contribution in [0.1, 0.15) is 37.3 Å². The summed E-state index contributed by atoms with van der Waals surface area (Å²) in [5.41, 5.74) is 2.79. The normalized spacial score (nSPS) is 20.1. The van der Waals surface area contributed by atoms with Crippen molar-refractivity contribution in [3.05, 3.63) is 18.1 Å². The van der Waals surface area contributed by atoms with Crippen molar-refractivity contribution in [3.63, 3.8) is 0 Å². The van der Waals surface area contributed by atoms with Gasteiger partial charge >= 0.3 is 0 Å². The van der Waals surface area contributed by atoms with Gasteiger partial charge in [-0.2, -0.15) is 5.10 Å². The van der Waals surface area contributed by atoms with Crippen molar-refractivity contribution in [1.29, 1.82) is 0 Å². The van der Waals surface area contributed by atoms with Crippen molar-refractivity contribution in [2.24, 2.45) is 13.0 Å². The molecule has 0 bridgehead atoms. The number of nitrogens with zero attached hydrogens (tertiary/aromatic N) is 5. The molecule has 0 N–H and O–H groups in total. The number of carbonyl (C=O) groups is 1. The number of hydrogen-bond donors (Lipinski definition) is 0. The molecule has 1 aliphatic heterocycles. The molecule has 3 heterocycles. The molecule has 0 radical (unpaired) electrons. The highest BCUT2D eigenvalue weighted by Gasteiger charge is 2.35. The van der Waals surface area contributed by atoms with Crippen LogP contribution in [0.3, 0.4) is 0 Å². The number of fused-ring (bicyclic) bond motifs is 1. The fraction of sp³-hybridized carbons (Fsp3) is 0.600. The molecule has 0 spiro atoms. The molecule has 1 amide bonds. The number of amides is 1. The van der Waals surface area contributed by atoms with Crippen molar-refractivity contribution in [3.8, 4) is 0 Å². The second-order valence-corrected chi connectivity index (χ2v) is 6.11. The van der Waals surface area contributed by atoms with E-state index in [0.717, 1.165) is 55.6 Å². The Morgan fingerprint density at radius 1 is 1.14 bits per heavy atom. The fourth-order valence-corrected chi connectivity index (χ4v) is 3.24. The second kappa shape index (κ2) is 4.79. The van der Waals surface area contributed by atoms with Gasteiger partial charge in [-0.15, -0.1) is 0 Å². The lowest BCUT2D eigenvalue weighted by Crippen LogP contribution is -2.38. The van der Waals surface area contributed by atoms with Gasteiger partial charge in [0, 0.05) is 44.4 Å². The third-order valence-corrected chi connectivity index (χ3v) is 4.61. The van der Waals surface area contributed by atoms with Gasteiger partial charge in [0.05, 0.1) is 5.69 Å². The van der Waals surface area contributed by atoms with Gasteiger partial charge in [0.15, 0.2) is 5.65 Å². The Balaban J connectivity index is 1.53. The molecule has 1 saturated carbocycles. The fourth-order valence-electron chi connectivity index (χ4n) is 3.24. The van der Waals surface area contributed by atoms with Crippen molar-refractivity contribution in [2.75, 3.05) is 13.1 Å².